The highest BCUT2D eigenvalue weighted by atomic mass is 32.3. The summed E-state index contributed by atoms with van der Waals surface area (Å²) >= 11 is 0. The van der Waals surface area contributed by atoms with Crippen molar-refractivity contribution >= 4 is 10.2 Å². The Balaban J connectivity index is 1.94. The lowest BCUT2D eigenvalue weighted by atomic mass is 10.5. The summed E-state index contributed by atoms with van der Waals surface area (Å²) in [4.78, 5) is 7.39. The molecule has 0 saturated carbocycles. The molecule has 0 spiro atoms. The second-order valence-corrected chi connectivity index (χ2v) is 6.94. The van der Waals surface area contributed by atoms with Gasteiger partial charge in [-0.2, -0.15) is 10.2 Å². The zero-order chi connectivity index (χ0) is 7.47. The number of rotatable bonds is 0. The number of nitrogens with two attached hydrogens (primary N) is 1. The molecule has 4 fully saturated rings. The monoisotopic (exact) mass is 174 g/mol. The van der Waals surface area contributed by atoms with E-state index in [0.29, 0.717) is 0 Å². The third kappa shape index (κ3) is 0.925. The highest BCUT2D eigenvalue weighted by Crippen LogP contribution is 2.49. The van der Waals surface area contributed by atoms with E-state index in [2.05, 4.69) is 14.7 Å². The van der Waals surface area contributed by atoms with Crippen LogP contribution in [-0.2, 0) is 0 Å². The van der Waals surface area contributed by atoms with Crippen molar-refractivity contribution in [2.45, 2.75) is 0 Å². The molecule has 0 aliphatic carbocycles. The van der Waals surface area contributed by atoms with E-state index in [9.17, 15) is 0 Å². The summed E-state index contributed by atoms with van der Waals surface area (Å²) in [6.07, 6.45) is 0. The predicted octanol–water partition coefficient (Wildman–Crippen LogP) is -0.643. The van der Waals surface area contributed by atoms with E-state index in [1.54, 1.807) is 0 Å². The Bertz CT molecular complexity index is 160. The fourth-order valence-electron chi connectivity index (χ4n) is 2.44. The summed E-state index contributed by atoms with van der Waals surface area (Å²) in [7, 11) is -0.762. The first-order valence-electron chi connectivity index (χ1n) is 3.95. The summed E-state index contributed by atoms with van der Waals surface area (Å²) in [5.74, 6) is 3.54. The first-order chi connectivity index (χ1) is 5.23. The van der Waals surface area contributed by atoms with Crippen molar-refractivity contribution in [3.05, 3.63) is 0 Å². The molecule has 5 heteroatoms. The minimum Gasteiger partial charge on any atom is -0.291 e. The van der Waals surface area contributed by atoms with E-state index >= 15 is 0 Å². The molecule has 0 radical (unpaired) electrons. The number of nitrogens with zero attached hydrogens (tertiary/aromatic N) is 3. The lowest BCUT2D eigenvalue weighted by Crippen LogP contribution is -2.67. The zero-order valence-electron chi connectivity index (χ0n) is 6.57. The van der Waals surface area contributed by atoms with Gasteiger partial charge in [0.1, 0.15) is 0 Å². The molecule has 0 atom stereocenters. The van der Waals surface area contributed by atoms with Crippen molar-refractivity contribution < 1.29 is 0 Å². The van der Waals surface area contributed by atoms with E-state index in [0.717, 1.165) is 20.0 Å². The van der Waals surface area contributed by atoms with E-state index in [4.69, 9.17) is 5.14 Å². The second-order valence-electron chi connectivity index (χ2n) is 3.94. The van der Waals surface area contributed by atoms with Crippen LogP contribution in [0.15, 0.2) is 0 Å². The average Bonchev–Trinajstić information content (AvgIpc) is 1.79. The summed E-state index contributed by atoms with van der Waals surface area (Å²) in [6.45, 7) is 3.47. The Morgan fingerprint density at radius 3 is 1.45 bits per heavy atom. The first-order valence-corrected chi connectivity index (χ1v) is 6.15. The molecular formula is C6H14N4S. The maximum atomic E-state index is 6.28. The molecule has 4 heterocycles. The van der Waals surface area contributed by atoms with Crippen molar-refractivity contribution in [3.8, 4) is 0 Å². The SMILES string of the molecule is NS12CN3CN(CN(C3)C1)C2. The van der Waals surface area contributed by atoms with E-state index < -0.39 is 10.2 Å². The van der Waals surface area contributed by atoms with Gasteiger partial charge < -0.3 is 0 Å². The van der Waals surface area contributed by atoms with Crippen LogP contribution in [0.4, 0.5) is 0 Å². The molecule has 0 aromatic heterocycles. The largest absolute Gasteiger partial charge is 0.291 e. The molecule has 4 aliphatic rings. The molecule has 4 nitrogen and oxygen atoms in total. The van der Waals surface area contributed by atoms with Crippen molar-refractivity contribution in [2.75, 3.05) is 37.6 Å². The Morgan fingerprint density at radius 2 is 1.18 bits per heavy atom. The van der Waals surface area contributed by atoms with Crippen LogP contribution in [0.1, 0.15) is 0 Å². The molecule has 2 N–H and O–H groups in total. The van der Waals surface area contributed by atoms with Gasteiger partial charge in [0, 0.05) is 17.6 Å². The number of hydrogen-bond donors (Lipinski definition) is 1. The molecular weight excluding hydrogens is 160 g/mol. The van der Waals surface area contributed by atoms with Crippen LogP contribution in [0, 0.1) is 0 Å². The molecule has 64 valence electrons. The van der Waals surface area contributed by atoms with Crippen LogP contribution in [0.3, 0.4) is 0 Å². The maximum absolute atomic E-state index is 6.28. The molecule has 4 saturated heterocycles. The predicted molar refractivity (Wildman–Crippen MR) is 46.5 cm³/mol. The van der Waals surface area contributed by atoms with E-state index in [-0.39, 0.29) is 0 Å². The van der Waals surface area contributed by atoms with Gasteiger partial charge in [-0.25, -0.2) is 0 Å². The third-order valence-electron chi connectivity index (χ3n) is 2.52. The van der Waals surface area contributed by atoms with Crippen molar-refractivity contribution in [1.29, 1.82) is 0 Å². The fraction of sp³-hybridized carbons (Fsp3) is 1.00. The summed E-state index contributed by atoms with van der Waals surface area (Å²) in [5.41, 5.74) is 0. The topological polar surface area (TPSA) is 35.7 Å². The van der Waals surface area contributed by atoms with Crippen molar-refractivity contribution in [1.82, 2.24) is 14.7 Å². The van der Waals surface area contributed by atoms with E-state index in [1.165, 1.54) is 17.6 Å². The maximum Gasteiger partial charge on any atom is 0.0546 e. The van der Waals surface area contributed by atoms with Gasteiger partial charge in [-0.3, -0.25) is 19.8 Å². The second kappa shape index (κ2) is 1.92. The summed E-state index contributed by atoms with van der Waals surface area (Å²) in [6, 6.07) is 0. The van der Waals surface area contributed by atoms with Gasteiger partial charge in [0.25, 0.3) is 0 Å². The quantitative estimate of drug-likeness (QED) is 0.530. The zero-order valence-corrected chi connectivity index (χ0v) is 7.39. The smallest absolute Gasteiger partial charge is 0.0546 e. The standard InChI is InChI=1S/C6H14N4S/c7-11-4-8-1-9(5-11)3-10(2-8)6-11/h1-7H2. The Kier molecular flexibility index (Phi) is 1.16. The Morgan fingerprint density at radius 1 is 0.818 bits per heavy atom. The summed E-state index contributed by atoms with van der Waals surface area (Å²) < 4.78 is 0. The van der Waals surface area contributed by atoms with Crippen LogP contribution in [0.5, 0.6) is 0 Å². The normalized spacial score (nSPS) is 66.1. The van der Waals surface area contributed by atoms with Gasteiger partial charge in [-0.05, 0) is 0 Å². The van der Waals surface area contributed by atoms with Gasteiger partial charge in [0.2, 0.25) is 0 Å². The lowest BCUT2D eigenvalue weighted by molar-refractivity contribution is -0.0235. The van der Waals surface area contributed by atoms with Crippen LogP contribution in [-0.4, -0.2) is 52.3 Å². The first kappa shape index (κ1) is 6.68. The van der Waals surface area contributed by atoms with Gasteiger partial charge in [-0.1, -0.05) is 0 Å². The van der Waals surface area contributed by atoms with Crippen molar-refractivity contribution in [2.24, 2.45) is 5.14 Å². The van der Waals surface area contributed by atoms with Crippen LogP contribution >= 0.6 is 10.2 Å². The highest BCUT2D eigenvalue weighted by Gasteiger charge is 2.42. The van der Waals surface area contributed by atoms with Gasteiger partial charge >= 0.3 is 0 Å². The highest BCUT2D eigenvalue weighted by molar-refractivity contribution is 8.31. The van der Waals surface area contributed by atoms with Gasteiger partial charge in [0.05, 0.1) is 20.0 Å². The lowest BCUT2D eigenvalue weighted by Gasteiger charge is -2.61. The molecule has 0 amide bonds. The van der Waals surface area contributed by atoms with Gasteiger partial charge in [-0.15, -0.1) is 0 Å². The Hall–Kier alpha value is 0.190. The molecule has 11 heavy (non-hydrogen) atoms. The van der Waals surface area contributed by atoms with Crippen LogP contribution < -0.4 is 5.14 Å². The average molecular weight is 174 g/mol. The molecule has 0 aromatic carbocycles. The molecule has 0 aromatic rings. The van der Waals surface area contributed by atoms with Crippen LogP contribution in [0.25, 0.3) is 0 Å². The number of hydrogen-bond acceptors (Lipinski definition) is 4. The fourth-order valence-corrected chi connectivity index (χ4v) is 5.36. The minimum atomic E-state index is -0.762. The molecule has 4 aliphatic heterocycles. The Labute approximate surface area is 68.4 Å². The van der Waals surface area contributed by atoms with Gasteiger partial charge in [0.15, 0.2) is 0 Å². The molecule has 0 unspecified atom stereocenters. The minimum absolute atomic E-state index is 0.762. The summed E-state index contributed by atoms with van der Waals surface area (Å²) in [5, 5.41) is 6.28. The van der Waals surface area contributed by atoms with Crippen LogP contribution in [0.2, 0.25) is 0 Å². The molecule has 4 bridgehead atoms. The molecule has 4 rings (SSSR count). The van der Waals surface area contributed by atoms with Crippen molar-refractivity contribution in [3.63, 3.8) is 0 Å². The van der Waals surface area contributed by atoms with E-state index in [1.807, 2.05) is 0 Å². The third-order valence-corrected chi connectivity index (χ3v) is 5.16.